The topological polar surface area (TPSA) is 69.2 Å². The molecule has 0 atom stereocenters. The van der Waals surface area contributed by atoms with Gasteiger partial charge in [0, 0.05) is 0 Å². The average Bonchev–Trinajstić information content (AvgIpc) is 2.09. The zero-order valence-electron chi connectivity index (χ0n) is 8.31. The molecule has 1 aromatic carbocycles. The van der Waals surface area contributed by atoms with Gasteiger partial charge in [0.2, 0.25) is 0 Å². The number of rotatable bonds is 4. The van der Waals surface area contributed by atoms with Gasteiger partial charge in [-0.3, -0.25) is 0 Å². The zero-order chi connectivity index (χ0) is 8.81. The van der Waals surface area contributed by atoms with Gasteiger partial charge in [-0.25, -0.2) is 0 Å². The van der Waals surface area contributed by atoms with Gasteiger partial charge in [0.15, 0.2) is 0 Å². The van der Waals surface area contributed by atoms with Crippen LogP contribution in [0.5, 0.6) is 5.75 Å². The number of unbranched alkanes of at least 4 members (excludes halogenated alkanes) is 1. The Bertz CT molecular complexity index is 223. The van der Waals surface area contributed by atoms with Gasteiger partial charge in [-0.1, -0.05) is 0 Å². The van der Waals surface area contributed by atoms with E-state index in [9.17, 15) is 0 Å². The quantitative estimate of drug-likeness (QED) is 0.535. The fourth-order valence-electron chi connectivity index (χ4n) is 0.898. The third-order valence-electron chi connectivity index (χ3n) is 1.65. The van der Waals surface area contributed by atoms with Crippen LogP contribution in [0.4, 0.5) is 0 Å². The summed E-state index contributed by atoms with van der Waals surface area (Å²) in [5, 5.41) is 0. The van der Waals surface area contributed by atoms with Crippen LogP contribution in [0, 0.1) is 0 Å². The van der Waals surface area contributed by atoms with Crippen molar-refractivity contribution in [2.75, 3.05) is 6.61 Å². The van der Waals surface area contributed by atoms with Gasteiger partial charge >= 0.3 is 74.4 Å². The molecule has 0 saturated heterocycles. The molecule has 1 rings (SSSR count). The molecular weight excluding hydrogens is 179 g/mol. The molecule has 0 fully saturated rings. The molecule has 2 N–H and O–H groups in total. The van der Waals surface area contributed by atoms with E-state index in [0.29, 0.717) is 0 Å². The Morgan fingerprint density at radius 1 is 1.14 bits per heavy atom. The molecule has 0 aliphatic carbocycles. The maximum Gasteiger partial charge on any atom is -0.870 e. The third-order valence-corrected chi connectivity index (χ3v) is 1.65. The van der Waals surface area contributed by atoms with Crippen molar-refractivity contribution in [3.8, 4) is 5.75 Å². The minimum atomic E-state index is 0. The molecule has 0 bridgehead atoms. The van der Waals surface area contributed by atoms with E-state index in [4.69, 9.17) is 12.6 Å². The minimum absolute atomic E-state index is 0. The number of hydrogen-bond acceptors (Lipinski definition) is 3. The molecule has 0 heterocycles. The van der Waals surface area contributed by atoms with E-state index in [-0.39, 0.29) is 11.0 Å². The van der Waals surface area contributed by atoms with Gasteiger partial charge in [-0.2, -0.15) is 0 Å². The summed E-state index contributed by atoms with van der Waals surface area (Å²) in [5.74, 6) is 0.901. The van der Waals surface area contributed by atoms with E-state index >= 15 is 0 Å². The molecule has 0 amide bonds. The van der Waals surface area contributed by atoms with Crippen LogP contribution in [0.2, 0.25) is 0 Å². The van der Waals surface area contributed by atoms with E-state index in [1.807, 2.05) is 24.3 Å². The molecule has 76 valence electrons. The standard InChI is InChI=1S/C10H13BO.2H2O/c1-2-3-8-12-10-6-4-9(11)5-7-10;;/h4-7H,2-3,8H2,1H3;2*1H2/q+2;;/p-2. The first-order valence-corrected chi connectivity index (χ1v) is 4.31. The molecule has 3 nitrogen and oxygen atoms in total. The van der Waals surface area contributed by atoms with Crippen LogP contribution in [0.1, 0.15) is 19.8 Å². The van der Waals surface area contributed by atoms with Crippen molar-refractivity contribution >= 4 is 13.3 Å². The van der Waals surface area contributed by atoms with Crippen molar-refractivity contribution in [1.82, 2.24) is 0 Å². The minimum Gasteiger partial charge on any atom is -0.870 e. The molecule has 0 radical (unpaired) electrons. The van der Waals surface area contributed by atoms with E-state index in [0.717, 1.165) is 30.7 Å². The molecule has 0 aliphatic heterocycles. The molecule has 14 heavy (non-hydrogen) atoms. The van der Waals surface area contributed by atoms with Gasteiger partial charge in [0.1, 0.15) is 0 Å². The monoisotopic (exact) mass is 194 g/mol. The van der Waals surface area contributed by atoms with Crippen LogP contribution in [0.3, 0.4) is 0 Å². The molecule has 0 unspecified atom stereocenters. The maximum atomic E-state index is 5.53. The summed E-state index contributed by atoms with van der Waals surface area (Å²) in [4.78, 5) is 0. The smallest absolute Gasteiger partial charge is 0.870 e. The predicted molar refractivity (Wildman–Crippen MR) is 56.1 cm³/mol. The Kier molecular flexibility index (Phi) is 9.50. The van der Waals surface area contributed by atoms with Crippen molar-refractivity contribution < 1.29 is 15.7 Å². The van der Waals surface area contributed by atoms with E-state index < -0.39 is 0 Å². The zero-order valence-corrected chi connectivity index (χ0v) is 8.31. The van der Waals surface area contributed by atoms with Crippen molar-refractivity contribution in [1.29, 1.82) is 0 Å². The first kappa shape index (κ1) is 15.5. The van der Waals surface area contributed by atoms with Crippen LogP contribution in [-0.2, 0) is 0 Å². The Balaban J connectivity index is 0. The van der Waals surface area contributed by atoms with Crippen molar-refractivity contribution in [3.63, 3.8) is 0 Å². The third kappa shape index (κ3) is 5.62. The molecule has 0 saturated carbocycles. The Morgan fingerprint density at radius 3 is 2.21 bits per heavy atom. The van der Waals surface area contributed by atoms with Crippen molar-refractivity contribution in [2.45, 2.75) is 19.8 Å². The summed E-state index contributed by atoms with van der Waals surface area (Å²) < 4.78 is 5.45. The van der Waals surface area contributed by atoms with Crippen LogP contribution < -0.4 is 10.2 Å². The molecule has 0 aromatic heterocycles. The van der Waals surface area contributed by atoms with Gasteiger partial charge in [-0.05, 0) is 0 Å². The largest absolute Gasteiger partial charge is 0.870 e. The number of ether oxygens (including phenoxy) is 1. The fourth-order valence-corrected chi connectivity index (χ4v) is 0.898. The summed E-state index contributed by atoms with van der Waals surface area (Å²) in [6, 6.07) is 7.48. The van der Waals surface area contributed by atoms with Crippen molar-refractivity contribution in [3.05, 3.63) is 24.3 Å². The van der Waals surface area contributed by atoms with Crippen LogP contribution in [0.15, 0.2) is 24.3 Å². The Hall–Kier alpha value is -0.995. The second-order valence-electron chi connectivity index (χ2n) is 2.77. The van der Waals surface area contributed by atoms with Gasteiger partial charge < -0.3 is 11.0 Å². The average molecular weight is 194 g/mol. The maximum absolute atomic E-state index is 5.53. The van der Waals surface area contributed by atoms with E-state index in [1.54, 1.807) is 0 Å². The van der Waals surface area contributed by atoms with E-state index in [2.05, 4.69) is 6.92 Å². The molecule has 1 aromatic rings. The predicted octanol–water partition coefficient (Wildman–Crippen LogP) is 1.31. The summed E-state index contributed by atoms with van der Waals surface area (Å²) in [7, 11) is 5.53. The first-order chi connectivity index (χ1) is 5.83. The van der Waals surface area contributed by atoms with Crippen LogP contribution >= 0.6 is 0 Å². The summed E-state index contributed by atoms with van der Waals surface area (Å²) in [6.45, 7) is 2.94. The van der Waals surface area contributed by atoms with Gasteiger partial charge in [-0.15, -0.1) is 0 Å². The molecule has 0 spiro atoms. The Labute approximate surface area is 86.1 Å². The first-order valence-electron chi connectivity index (χ1n) is 4.31. The SMILES string of the molecule is [B+2]c1ccc(OCCCC)cc1.[OH-].[OH-]. The van der Waals surface area contributed by atoms with Gasteiger partial charge in [0.05, 0.1) is 0 Å². The molecule has 0 aliphatic rings. The number of benzene rings is 1. The fraction of sp³-hybridized carbons (Fsp3) is 0.400. The van der Waals surface area contributed by atoms with Crippen LogP contribution in [-0.4, -0.2) is 25.4 Å². The second kappa shape index (κ2) is 8.60. The van der Waals surface area contributed by atoms with E-state index in [1.165, 1.54) is 0 Å². The Morgan fingerprint density at radius 2 is 1.71 bits per heavy atom. The number of hydrogen-bond donors (Lipinski definition) is 0. The molecular formula is C10H15BO3. The van der Waals surface area contributed by atoms with Crippen LogP contribution in [0.25, 0.3) is 0 Å². The molecule has 4 heteroatoms. The summed E-state index contributed by atoms with van der Waals surface area (Å²) >= 11 is 0. The summed E-state index contributed by atoms with van der Waals surface area (Å²) in [5.41, 5.74) is 0.776. The normalized spacial score (nSPS) is 8.50. The van der Waals surface area contributed by atoms with Crippen molar-refractivity contribution in [2.24, 2.45) is 0 Å². The summed E-state index contributed by atoms with van der Waals surface area (Å²) in [6.07, 6.45) is 2.26. The van der Waals surface area contributed by atoms with Gasteiger partial charge in [0.25, 0.3) is 0 Å². The second-order valence-corrected chi connectivity index (χ2v) is 2.77.